The van der Waals surface area contributed by atoms with E-state index >= 15 is 0 Å². The summed E-state index contributed by atoms with van der Waals surface area (Å²) in [7, 11) is 0. The molecule has 8 aromatic carbocycles. The van der Waals surface area contributed by atoms with Crippen LogP contribution in [0, 0.1) is 0 Å². The van der Waals surface area contributed by atoms with E-state index in [2.05, 4.69) is 114 Å². The van der Waals surface area contributed by atoms with Crippen LogP contribution in [0.25, 0.3) is 117 Å². The first-order valence-corrected chi connectivity index (χ1v) is 19.0. The largest absolute Gasteiger partial charge is 0.455 e. The Kier molecular flexibility index (Phi) is 6.83. The van der Waals surface area contributed by atoms with Crippen molar-refractivity contribution in [1.82, 2.24) is 19.5 Å². The van der Waals surface area contributed by atoms with Gasteiger partial charge in [-0.2, -0.15) is 0 Å². The number of rotatable bonds is 5. The molecule has 0 aliphatic rings. The van der Waals surface area contributed by atoms with Crippen molar-refractivity contribution in [2.75, 3.05) is 0 Å². The number of fused-ring (bicyclic) bond motifs is 9. The molecule has 6 heteroatoms. The minimum absolute atomic E-state index is 0.525. The van der Waals surface area contributed by atoms with Gasteiger partial charge in [-0.25, -0.2) is 15.0 Å². The second kappa shape index (κ2) is 12.3. The number of hydrogen-bond acceptors (Lipinski definition) is 5. The summed E-state index contributed by atoms with van der Waals surface area (Å²) in [5.41, 5.74) is 11.3. The van der Waals surface area contributed by atoms with E-state index in [1.165, 1.54) is 21.8 Å². The fourth-order valence-electron chi connectivity index (χ4n) is 8.42. The Morgan fingerprint density at radius 2 is 0.877 bits per heavy atom. The van der Waals surface area contributed by atoms with Gasteiger partial charge in [0.2, 0.25) is 0 Å². The van der Waals surface area contributed by atoms with Gasteiger partial charge >= 0.3 is 0 Å². The van der Waals surface area contributed by atoms with Crippen molar-refractivity contribution >= 4 is 65.7 Å². The topological polar surface area (TPSA) is 69.9 Å². The van der Waals surface area contributed by atoms with Crippen molar-refractivity contribution in [1.29, 1.82) is 0 Å². The molecule has 0 N–H and O–H groups in total. The minimum atomic E-state index is 0.525. The SMILES string of the molecule is c1ccc(-c2nc(-c3cccc4c3oc3ccccc34)nc(-c3cccc4c3oc3cc(-c5ccc6c(c5)c5ccccc5n6-c5ccccc5)ccc34)n2)cc1. The van der Waals surface area contributed by atoms with E-state index in [0.29, 0.717) is 17.5 Å². The van der Waals surface area contributed by atoms with Crippen molar-refractivity contribution in [2.45, 2.75) is 0 Å². The van der Waals surface area contributed by atoms with E-state index in [0.717, 1.165) is 77.4 Å². The van der Waals surface area contributed by atoms with E-state index in [-0.39, 0.29) is 0 Å². The van der Waals surface area contributed by atoms with Gasteiger partial charge in [0.05, 0.1) is 22.2 Å². The lowest BCUT2D eigenvalue weighted by Crippen LogP contribution is -2.00. The number of aromatic nitrogens is 4. The second-order valence-electron chi connectivity index (χ2n) is 14.4. The summed E-state index contributed by atoms with van der Waals surface area (Å²) in [5.74, 6) is 1.63. The molecule has 0 radical (unpaired) electrons. The zero-order valence-corrected chi connectivity index (χ0v) is 30.4. The van der Waals surface area contributed by atoms with Crippen LogP contribution in [-0.2, 0) is 0 Å². The first-order chi connectivity index (χ1) is 28.2. The third-order valence-corrected chi connectivity index (χ3v) is 11.1. The molecule has 4 heterocycles. The van der Waals surface area contributed by atoms with Crippen molar-refractivity contribution in [2.24, 2.45) is 0 Å². The molecule has 12 aromatic rings. The lowest BCUT2D eigenvalue weighted by molar-refractivity contribution is 0.669. The standard InChI is InChI=1S/C51H30N4O2/c1-3-13-31(14-4-1)49-52-50(40-21-11-19-38-36-18-8-10-24-45(36)56-47(38)40)54-51(53-49)41-22-12-20-39-37-27-25-33(30-46(37)57-48(39)41)32-26-28-44-42(29-32)35-17-7-9-23-43(35)55(44)34-15-5-2-6-16-34/h1-30H. The predicted octanol–water partition coefficient (Wildman–Crippen LogP) is 13.4. The van der Waals surface area contributed by atoms with E-state index in [9.17, 15) is 0 Å². The molecule has 0 fully saturated rings. The van der Waals surface area contributed by atoms with Crippen LogP contribution in [0.2, 0.25) is 0 Å². The highest BCUT2D eigenvalue weighted by Crippen LogP contribution is 2.40. The van der Waals surface area contributed by atoms with Crippen LogP contribution in [0.3, 0.4) is 0 Å². The van der Waals surface area contributed by atoms with E-state index in [4.69, 9.17) is 23.8 Å². The number of para-hydroxylation sites is 5. The van der Waals surface area contributed by atoms with Crippen molar-refractivity contribution in [3.8, 4) is 51.0 Å². The maximum Gasteiger partial charge on any atom is 0.167 e. The molecule has 0 aliphatic carbocycles. The third-order valence-electron chi connectivity index (χ3n) is 11.1. The quantitative estimate of drug-likeness (QED) is 0.176. The van der Waals surface area contributed by atoms with Gasteiger partial charge in [-0.15, -0.1) is 0 Å². The van der Waals surface area contributed by atoms with Gasteiger partial charge in [0.1, 0.15) is 22.3 Å². The Hall–Kier alpha value is -7.83. The highest BCUT2D eigenvalue weighted by atomic mass is 16.3. The summed E-state index contributed by atoms with van der Waals surface area (Å²) in [6, 6.07) is 62.8. The molecule has 57 heavy (non-hydrogen) atoms. The van der Waals surface area contributed by atoms with Crippen molar-refractivity contribution < 1.29 is 8.83 Å². The molecule has 12 rings (SSSR count). The first-order valence-electron chi connectivity index (χ1n) is 19.0. The monoisotopic (exact) mass is 730 g/mol. The zero-order valence-electron chi connectivity index (χ0n) is 30.4. The summed E-state index contributed by atoms with van der Waals surface area (Å²) in [4.78, 5) is 15.2. The molecule has 0 bridgehead atoms. The number of furan rings is 2. The Morgan fingerprint density at radius 1 is 0.333 bits per heavy atom. The van der Waals surface area contributed by atoms with Gasteiger partial charge in [-0.1, -0.05) is 121 Å². The average molecular weight is 731 g/mol. The Morgan fingerprint density at radius 3 is 1.63 bits per heavy atom. The highest BCUT2D eigenvalue weighted by Gasteiger charge is 2.21. The van der Waals surface area contributed by atoms with Crippen LogP contribution >= 0.6 is 0 Å². The lowest BCUT2D eigenvalue weighted by Gasteiger charge is -2.09. The first kappa shape index (κ1) is 31.5. The smallest absolute Gasteiger partial charge is 0.167 e. The number of hydrogen-bond donors (Lipinski definition) is 0. The normalized spacial score (nSPS) is 11.9. The fourth-order valence-corrected chi connectivity index (χ4v) is 8.42. The van der Waals surface area contributed by atoms with E-state index in [1.54, 1.807) is 0 Å². The summed E-state index contributed by atoms with van der Waals surface area (Å²) in [6.45, 7) is 0. The third kappa shape index (κ3) is 4.94. The molecule has 0 aliphatic heterocycles. The summed E-state index contributed by atoms with van der Waals surface area (Å²) >= 11 is 0. The van der Waals surface area contributed by atoms with Crippen LogP contribution in [0.4, 0.5) is 0 Å². The van der Waals surface area contributed by atoms with Crippen LogP contribution in [0.15, 0.2) is 191 Å². The van der Waals surface area contributed by atoms with Gasteiger partial charge in [-0.05, 0) is 71.8 Å². The maximum atomic E-state index is 6.80. The van der Waals surface area contributed by atoms with Gasteiger partial charge in [0.25, 0.3) is 0 Å². The number of nitrogens with zero attached hydrogens (tertiary/aromatic N) is 4. The molecule has 0 spiro atoms. The summed E-state index contributed by atoms with van der Waals surface area (Å²) in [6.07, 6.45) is 0. The molecule has 0 unspecified atom stereocenters. The molecular weight excluding hydrogens is 701 g/mol. The van der Waals surface area contributed by atoms with Gasteiger partial charge in [-0.3, -0.25) is 0 Å². The van der Waals surface area contributed by atoms with Crippen LogP contribution in [0.5, 0.6) is 0 Å². The van der Waals surface area contributed by atoms with Gasteiger partial charge in [0.15, 0.2) is 17.5 Å². The van der Waals surface area contributed by atoms with Crippen molar-refractivity contribution in [3.05, 3.63) is 182 Å². The van der Waals surface area contributed by atoms with Gasteiger partial charge < -0.3 is 13.4 Å². The Labute approximate surface area is 325 Å². The van der Waals surface area contributed by atoms with Crippen LogP contribution < -0.4 is 0 Å². The molecule has 266 valence electrons. The predicted molar refractivity (Wildman–Crippen MR) is 230 cm³/mol. The molecule has 0 amide bonds. The van der Waals surface area contributed by atoms with Crippen molar-refractivity contribution in [3.63, 3.8) is 0 Å². The van der Waals surface area contributed by atoms with Crippen LogP contribution in [0.1, 0.15) is 0 Å². The molecule has 0 saturated carbocycles. The molecule has 6 nitrogen and oxygen atoms in total. The Balaban J connectivity index is 1.02. The van der Waals surface area contributed by atoms with Gasteiger partial charge in [0, 0.05) is 43.6 Å². The van der Waals surface area contributed by atoms with E-state index in [1.807, 2.05) is 72.8 Å². The minimum Gasteiger partial charge on any atom is -0.455 e. The Bertz CT molecular complexity index is 3530. The summed E-state index contributed by atoms with van der Waals surface area (Å²) < 4.78 is 15.6. The van der Waals surface area contributed by atoms with E-state index < -0.39 is 0 Å². The van der Waals surface area contributed by atoms with Crippen LogP contribution in [-0.4, -0.2) is 19.5 Å². The average Bonchev–Trinajstić information content (AvgIpc) is 3.96. The molecular formula is C51H30N4O2. The number of benzene rings is 8. The zero-order chi connectivity index (χ0) is 37.5. The second-order valence-corrected chi connectivity index (χ2v) is 14.4. The molecule has 4 aromatic heterocycles. The fraction of sp³-hybridized carbons (Fsp3) is 0. The molecule has 0 atom stereocenters. The summed E-state index contributed by atoms with van der Waals surface area (Å²) in [5, 5.41) is 6.52. The maximum absolute atomic E-state index is 6.80. The molecule has 0 saturated heterocycles. The highest BCUT2D eigenvalue weighted by molar-refractivity contribution is 6.13. The lowest BCUT2D eigenvalue weighted by atomic mass is 10.0.